The van der Waals surface area contributed by atoms with Crippen LogP contribution in [0, 0.1) is 25.7 Å². The second-order valence-electron chi connectivity index (χ2n) is 10.8. The number of carbonyl (C=O) groups excluding carboxylic acids is 1. The van der Waals surface area contributed by atoms with E-state index in [4.69, 9.17) is 9.15 Å². The fraction of sp³-hybridized carbons (Fsp3) is 0.467. The Morgan fingerprint density at radius 1 is 1.23 bits per heavy atom. The summed E-state index contributed by atoms with van der Waals surface area (Å²) >= 11 is 0. The van der Waals surface area contributed by atoms with Gasteiger partial charge in [0.05, 0.1) is 30.7 Å². The number of amides is 1. The van der Waals surface area contributed by atoms with Crippen LogP contribution in [0.25, 0.3) is 0 Å². The van der Waals surface area contributed by atoms with Crippen molar-refractivity contribution in [2.45, 2.75) is 51.0 Å². The van der Waals surface area contributed by atoms with Crippen molar-refractivity contribution >= 4 is 21.8 Å². The molecule has 1 atom stereocenters. The van der Waals surface area contributed by atoms with Gasteiger partial charge in [0.15, 0.2) is 0 Å². The SMILES string of the molecule is COc1cc(C)c(S(=O)(=O)N(Cc2cc(C(=O)NCCC3=CCC(C4=NCCN4)C=C3)co2)CC2CC2)c(C)c1. The summed E-state index contributed by atoms with van der Waals surface area (Å²) in [5.41, 5.74) is 2.85. The number of carbonyl (C=O) groups is 1. The van der Waals surface area contributed by atoms with Crippen LogP contribution in [0.5, 0.6) is 5.75 Å². The monoisotopic (exact) mass is 566 g/mol. The predicted molar refractivity (Wildman–Crippen MR) is 154 cm³/mol. The summed E-state index contributed by atoms with van der Waals surface area (Å²) in [6, 6.07) is 5.12. The van der Waals surface area contributed by atoms with Crippen molar-refractivity contribution in [1.82, 2.24) is 14.9 Å². The maximum atomic E-state index is 13.8. The Labute approximate surface area is 236 Å². The lowest BCUT2D eigenvalue weighted by atomic mass is 9.94. The van der Waals surface area contributed by atoms with Gasteiger partial charge in [0.25, 0.3) is 5.91 Å². The van der Waals surface area contributed by atoms with Crippen molar-refractivity contribution in [2.24, 2.45) is 16.8 Å². The van der Waals surface area contributed by atoms with Gasteiger partial charge in [0, 0.05) is 25.6 Å². The lowest BCUT2D eigenvalue weighted by molar-refractivity contribution is 0.0953. The molecule has 2 heterocycles. The van der Waals surface area contributed by atoms with Crippen molar-refractivity contribution in [1.29, 1.82) is 0 Å². The highest BCUT2D eigenvalue weighted by molar-refractivity contribution is 7.89. The number of methoxy groups -OCH3 is 1. The van der Waals surface area contributed by atoms with Crippen molar-refractivity contribution in [2.75, 3.05) is 33.3 Å². The fourth-order valence-corrected chi connectivity index (χ4v) is 7.19. The number of amidine groups is 1. The van der Waals surface area contributed by atoms with Crippen molar-refractivity contribution < 1.29 is 22.4 Å². The van der Waals surface area contributed by atoms with Gasteiger partial charge in [-0.3, -0.25) is 9.79 Å². The Morgan fingerprint density at radius 3 is 2.62 bits per heavy atom. The van der Waals surface area contributed by atoms with Crippen LogP contribution in [0.1, 0.15) is 52.9 Å². The number of allylic oxidation sites excluding steroid dienone is 2. The van der Waals surface area contributed by atoms with E-state index in [2.05, 4.69) is 33.9 Å². The standard InChI is InChI=1S/C30H38N4O5S/c1-20-14-26(38-3)15-21(2)28(20)40(36,37)34(17-23-4-5-23)18-27-16-25(19-39-27)30(35)33-11-10-22-6-8-24(9-7-22)29-31-12-13-32-29/h6-8,14-16,19,23-24H,4-5,9-13,17-18H2,1-3H3,(H,31,32)(H,33,35). The maximum Gasteiger partial charge on any atom is 0.254 e. The smallest absolute Gasteiger partial charge is 0.254 e. The molecule has 1 fully saturated rings. The first-order valence-corrected chi connectivity index (χ1v) is 15.3. The van der Waals surface area contributed by atoms with Crippen LogP contribution >= 0.6 is 0 Å². The summed E-state index contributed by atoms with van der Waals surface area (Å²) in [6.07, 6.45) is 11.5. The summed E-state index contributed by atoms with van der Waals surface area (Å²) in [5.74, 6) is 2.54. The molecule has 9 nitrogen and oxygen atoms in total. The Kier molecular flexibility index (Phi) is 8.46. The second-order valence-corrected chi connectivity index (χ2v) is 12.7. The second kappa shape index (κ2) is 12.0. The van der Waals surface area contributed by atoms with Gasteiger partial charge in [0.1, 0.15) is 23.6 Å². The van der Waals surface area contributed by atoms with Gasteiger partial charge in [-0.1, -0.05) is 23.8 Å². The number of hydrogen-bond donors (Lipinski definition) is 2. The average molecular weight is 567 g/mol. The van der Waals surface area contributed by atoms with Gasteiger partial charge < -0.3 is 19.8 Å². The molecule has 1 aromatic heterocycles. The number of ether oxygens (including phenoxy) is 1. The zero-order valence-electron chi connectivity index (χ0n) is 23.4. The number of furan rings is 1. The number of nitrogens with zero attached hydrogens (tertiary/aromatic N) is 2. The van der Waals surface area contributed by atoms with E-state index >= 15 is 0 Å². The third kappa shape index (κ3) is 6.50. The lowest BCUT2D eigenvalue weighted by Crippen LogP contribution is -2.33. The minimum Gasteiger partial charge on any atom is -0.497 e. The molecule has 2 aliphatic carbocycles. The van der Waals surface area contributed by atoms with E-state index in [1.165, 1.54) is 16.1 Å². The first kappa shape index (κ1) is 28.2. The van der Waals surface area contributed by atoms with Crippen molar-refractivity contribution in [3.05, 3.63) is 70.7 Å². The summed E-state index contributed by atoms with van der Waals surface area (Å²) in [5, 5.41) is 6.28. The molecule has 214 valence electrons. The molecule has 1 aromatic carbocycles. The van der Waals surface area contributed by atoms with Crippen LogP contribution in [0.2, 0.25) is 0 Å². The Morgan fingerprint density at radius 2 is 2.00 bits per heavy atom. The number of aryl methyl sites for hydroxylation is 2. The maximum absolute atomic E-state index is 13.8. The minimum atomic E-state index is -3.79. The molecule has 0 bridgehead atoms. The van der Waals surface area contributed by atoms with Crippen LogP contribution in [-0.4, -0.2) is 57.8 Å². The molecule has 10 heteroatoms. The van der Waals surface area contributed by atoms with Crippen LogP contribution in [0.3, 0.4) is 0 Å². The number of rotatable bonds is 12. The number of benzene rings is 1. The van der Waals surface area contributed by atoms with E-state index in [1.54, 1.807) is 39.2 Å². The molecule has 2 aromatic rings. The Bertz CT molecular complexity index is 1430. The third-order valence-electron chi connectivity index (χ3n) is 7.60. The van der Waals surface area contributed by atoms with E-state index in [0.717, 1.165) is 44.6 Å². The quantitative estimate of drug-likeness (QED) is 0.400. The van der Waals surface area contributed by atoms with E-state index in [-0.39, 0.29) is 12.5 Å². The molecule has 2 N–H and O–H groups in total. The Hall–Kier alpha value is -3.37. The van der Waals surface area contributed by atoms with Crippen molar-refractivity contribution in [3.8, 4) is 5.75 Å². The normalized spacial score (nSPS) is 18.9. The van der Waals surface area contributed by atoms with Crippen LogP contribution < -0.4 is 15.4 Å². The zero-order chi connectivity index (χ0) is 28.3. The summed E-state index contributed by atoms with van der Waals surface area (Å²) in [4.78, 5) is 17.6. The van der Waals surface area contributed by atoms with Crippen molar-refractivity contribution in [3.63, 3.8) is 0 Å². The number of sulfonamides is 1. The number of hydrogen-bond acceptors (Lipinski definition) is 7. The van der Waals surface area contributed by atoms with Gasteiger partial charge in [-0.2, -0.15) is 4.31 Å². The minimum absolute atomic E-state index is 0.0655. The van der Waals surface area contributed by atoms with E-state index in [9.17, 15) is 13.2 Å². The van der Waals surface area contributed by atoms with Gasteiger partial charge in [-0.25, -0.2) is 8.42 Å². The first-order valence-electron chi connectivity index (χ1n) is 13.9. The van der Waals surface area contributed by atoms with Gasteiger partial charge in [-0.15, -0.1) is 0 Å². The largest absolute Gasteiger partial charge is 0.497 e. The fourth-order valence-electron chi connectivity index (χ4n) is 5.30. The van der Waals surface area contributed by atoms with Gasteiger partial charge in [-0.05, 0) is 74.8 Å². The molecule has 0 spiro atoms. The summed E-state index contributed by atoms with van der Waals surface area (Å²) < 4.78 is 40.1. The highest BCUT2D eigenvalue weighted by Crippen LogP contribution is 2.35. The molecule has 40 heavy (non-hydrogen) atoms. The molecule has 0 radical (unpaired) electrons. The highest BCUT2D eigenvalue weighted by atomic mass is 32.2. The molecule has 1 amide bonds. The van der Waals surface area contributed by atoms with Crippen LogP contribution in [-0.2, 0) is 16.6 Å². The lowest BCUT2D eigenvalue weighted by Gasteiger charge is -2.23. The average Bonchev–Trinajstić information content (AvgIpc) is 3.36. The molecule has 1 saturated carbocycles. The molecule has 1 unspecified atom stereocenters. The first-order chi connectivity index (χ1) is 19.2. The van der Waals surface area contributed by atoms with Gasteiger partial charge in [0.2, 0.25) is 10.0 Å². The number of aliphatic imine (C=N–C) groups is 1. The Balaban J connectivity index is 1.19. The summed E-state index contributed by atoms with van der Waals surface area (Å²) in [7, 11) is -2.23. The third-order valence-corrected chi connectivity index (χ3v) is 9.72. The van der Waals surface area contributed by atoms with Crippen LogP contribution in [0.4, 0.5) is 0 Å². The van der Waals surface area contributed by atoms with E-state index in [0.29, 0.717) is 58.0 Å². The predicted octanol–water partition coefficient (Wildman–Crippen LogP) is 4.13. The number of nitrogens with one attached hydrogen (secondary N) is 2. The van der Waals surface area contributed by atoms with Crippen LogP contribution in [0.15, 0.2) is 62.6 Å². The molecule has 5 rings (SSSR count). The molecule has 1 aliphatic heterocycles. The molecule has 0 saturated heterocycles. The molecular formula is C30H38N4O5S. The van der Waals surface area contributed by atoms with E-state index < -0.39 is 10.0 Å². The topological polar surface area (TPSA) is 113 Å². The summed E-state index contributed by atoms with van der Waals surface area (Å²) in [6.45, 7) is 6.30. The highest BCUT2D eigenvalue weighted by Gasteiger charge is 2.34. The molecular weight excluding hydrogens is 528 g/mol. The molecule has 3 aliphatic rings. The zero-order valence-corrected chi connectivity index (χ0v) is 24.2. The van der Waals surface area contributed by atoms with Gasteiger partial charge >= 0.3 is 0 Å². The van der Waals surface area contributed by atoms with E-state index in [1.807, 2.05) is 0 Å².